The van der Waals surface area contributed by atoms with Crippen LogP contribution < -0.4 is 5.32 Å². The highest BCUT2D eigenvalue weighted by molar-refractivity contribution is 5.90. The second kappa shape index (κ2) is 9.67. The summed E-state index contributed by atoms with van der Waals surface area (Å²) in [5, 5.41) is 12.2. The van der Waals surface area contributed by atoms with E-state index < -0.39 is 30.1 Å². The maximum atomic E-state index is 13.4. The molecule has 0 aromatic heterocycles. The number of carbonyl (C=O) groups excluding carboxylic acids is 2. The number of carboxylic acid groups (broad SMARTS) is 1. The molecular formula is C26H28N2O7. The van der Waals surface area contributed by atoms with Gasteiger partial charge in [0.2, 0.25) is 5.91 Å². The average molecular weight is 481 g/mol. The SMILES string of the molecule is COCC(NC(=O)OCC1c2ccccc2-c2ccccc21)C(=O)N1C(C(=O)O)C[C@@H]2OCC[C@@H]21. The first-order chi connectivity index (χ1) is 17.0. The Kier molecular flexibility index (Phi) is 6.44. The van der Waals surface area contributed by atoms with Gasteiger partial charge in [-0.3, -0.25) is 4.79 Å². The number of carboxylic acids is 1. The van der Waals surface area contributed by atoms with E-state index in [0.717, 1.165) is 22.3 Å². The number of amides is 2. The average Bonchev–Trinajstić information content (AvgIpc) is 3.54. The van der Waals surface area contributed by atoms with Gasteiger partial charge in [-0.1, -0.05) is 48.5 Å². The van der Waals surface area contributed by atoms with E-state index in [9.17, 15) is 19.5 Å². The van der Waals surface area contributed by atoms with Crippen LogP contribution in [0.25, 0.3) is 11.1 Å². The van der Waals surface area contributed by atoms with Crippen LogP contribution in [0.5, 0.6) is 0 Å². The van der Waals surface area contributed by atoms with Crippen molar-refractivity contribution in [2.75, 3.05) is 26.9 Å². The Bertz CT molecular complexity index is 1090. The zero-order chi connectivity index (χ0) is 24.5. The van der Waals surface area contributed by atoms with E-state index in [-0.39, 0.29) is 37.7 Å². The highest BCUT2D eigenvalue weighted by Gasteiger charge is 2.51. The molecule has 5 rings (SSSR count). The molecule has 3 aliphatic rings. The minimum Gasteiger partial charge on any atom is -0.480 e. The molecule has 0 bridgehead atoms. The fourth-order valence-electron chi connectivity index (χ4n) is 5.59. The van der Waals surface area contributed by atoms with Crippen molar-refractivity contribution < 1.29 is 33.7 Å². The van der Waals surface area contributed by atoms with E-state index in [1.807, 2.05) is 36.4 Å². The van der Waals surface area contributed by atoms with Gasteiger partial charge >= 0.3 is 12.1 Å². The van der Waals surface area contributed by atoms with Crippen molar-refractivity contribution >= 4 is 18.0 Å². The van der Waals surface area contributed by atoms with Crippen LogP contribution in [0.2, 0.25) is 0 Å². The summed E-state index contributed by atoms with van der Waals surface area (Å²) >= 11 is 0. The monoisotopic (exact) mass is 480 g/mol. The normalized spacial score (nSPS) is 23.3. The Balaban J connectivity index is 1.28. The van der Waals surface area contributed by atoms with Gasteiger partial charge in [0.25, 0.3) is 0 Å². The number of alkyl carbamates (subject to hydrolysis) is 1. The molecule has 0 saturated carbocycles. The summed E-state index contributed by atoms with van der Waals surface area (Å²) in [4.78, 5) is 39.3. The summed E-state index contributed by atoms with van der Waals surface area (Å²) in [5.41, 5.74) is 4.40. The molecule has 1 aliphatic carbocycles. The topological polar surface area (TPSA) is 114 Å². The third-order valence-corrected chi connectivity index (χ3v) is 7.13. The summed E-state index contributed by atoms with van der Waals surface area (Å²) in [6.45, 7) is 0.470. The van der Waals surface area contributed by atoms with E-state index in [4.69, 9.17) is 14.2 Å². The fraction of sp³-hybridized carbons (Fsp3) is 0.423. The lowest BCUT2D eigenvalue weighted by atomic mass is 9.98. The van der Waals surface area contributed by atoms with Gasteiger partial charge in [0.1, 0.15) is 18.7 Å². The summed E-state index contributed by atoms with van der Waals surface area (Å²) in [6, 6.07) is 13.6. The Morgan fingerprint density at radius 2 is 1.77 bits per heavy atom. The van der Waals surface area contributed by atoms with Crippen molar-refractivity contribution in [1.29, 1.82) is 0 Å². The van der Waals surface area contributed by atoms with Crippen molar-refractivity contribution in [3.8, 4) is 11.1 Å². The van der Waals surface area contributed by atoms with Gasteiger partial charge in [-0.2, -0.15) is 0 Å². The number of benzene rings is 2. The number of ether oxygens (including phenoxy) is 3. The molecule has 9 nitrogen and oxygen atoms in total. The molecule has 0 spiro atoms. The number of methoxy groups -OCH3 is 1. The first kappa shape index (κ1) is 23.3. The fourth-order valence-corrected chi connectivity index (χ4v) is 5.59. The van der Waals surface area contributed by atoms with Crippen LogP contribution >= 0.6 is 0 Å². The van der Waals surface area contributed by atoms with Crippen molar-refractivity contribution in [3.63, 3.8) is 0 Å². The van der Waals surface area contributed by atoms with Gasteiger partial charge < -0.3 is 29.5 Å². The molecule has 35 heavy (non-hydrogen) atoms. The van der Waals surface area contributed by atoms with Crippen molar-refractivity contribution in [2.24, 2.45) is 0 Å². The number of likely N-dealkylation sites (tertiary alicyclic amines) is 1. The number of aliphatic carboxylic acids is 1. The van der Waals surface area contributed by atoms with Crippen LogP contribution in [0.4, 0.5) is 4.79 Å². The predicted octanol–water partition coefficient (Wildman–Crippen LogP) is 2.38. The first-order valence-electron chi connectivity index (χ1n) is 11.8. The van der Waals surface area contributed by atoms with Gasteiger partial charge in [0.15, 0.2) is 0 Å². The zero-order valence-corrected chi connectivity index (χ0v) is 19.4. The summed E-state index contributed by atoms with van der Waals surface area (Å²) in [7, 11) is 1.42. The highest BCUT2D eigenvalue weighted by Crippen LogP contribution is 2.44. The van der Waals surface area contributed by atoms with Crippen LogP contribution in [-0.4, -0.2) is 79.1 Å². The van der Waals surface area contributed by atoms with Crippen LogP contribution in [0, 0.1) is 0 Å². The second-order valence-corrected chi connectivity index (χ2v) is 9.08. The maximum Gasteiger partial charge on any atom is 0.407 e. The van der Waals surface area contributed by atoms with Gasteiger partial charge in [0.05, 0.1) is 18.8 Å². The molecule has 2 aromatic carbocycles. The van der Waals surface area contributed by atoms with E-state index in [1.54, 1.807) is 0 Å². The smallest absolute Gasteiger partial charge is 0.407 e. The quantitative estimate of drug-likeness (QED) is 0.625. The lowest BCUT2D eigenvalue weighted by molar-refractivity contribution is -0.151. The predicted molar refractivity (Wildman–Crippen MR) is 125 cm³/mol. The molecule has 2 fully saturated rings. The molecule has 2 amide bonds. The van der Waals surface area contributed by atoms with Gasteiger partial charge in [-0.25, -0.2) is 9.59 Å². The largest absolute Gasteiger partial charge is 0.480 e. The number of hydrogen-bond donors (Lipinski definition) is 2. The Hall–Kier alpha value is -3.43. The molecule has 0 radical (unpaired) electrons. The Morgan fingerprint density at radius 1 is 1.11 bits per heavy atom. The van der Waals surface area contributed by atoms with Crippen LogP contribution in [-0.2, 0) is 23.8 Å². The molecule has 2 N–H and O–H groups in total. The highest BCUT2D eigenvalue weighted by atomic mass is 16.5. The van der Waals surface area contributed by atoms with Crippen molar-refractivity contribution in [3.05, 3.63) is 59.7 Å². The van der Waals surface area contributed by atoms with Gasteiger partial charge in [-0.15, -0.1) is 0 Å². The van der Waals surface area contributed by atoms with Gasteiger partial charge in [0, 0.05) is 26.1 Å². The van der Waals surface area contributed by atoms with Crippen LogP contribution in [0.15, 0.2) is 48.5 Å². The zero-order valence-electron chi connectivity index (χ0n) is 19.4. The number of carbonyl (C=O) groups is 3. The summed E-state index contributed by atoms with van der Waals surface area (Å²) in [5.74, 6) is -1.71. The number of hydrogen-bond acceptors (Lipinski definition) is 6. The minimum absolute atomic E-state index is 0.105. The molecule has 9 heteroatoms. The third kappa shape index (κ3) is 4.26. The molecular weight excluding hydrogens is 452 g/mol. The van der Waals surface area contributed by atoms with E-state index in [0.29, 0.717) is 13.0 Å². The van der Waals surface area contributed by atoms with Crippen molar-refractivity contribution in [1.82, 2.24) is 10.2 Å². The molecule has 2 saturated heterocycles. The molecule has 4 atom stereocenters. The molecule has 2 aromatic rings. The molecule has 2 aliphatic heterocycles. The standard InChI is InChI=1S/C26H28N2O7/c1-33-14-20(24(29)28-21-10-11-34-23(21)12-22(28)25(30)31)27-26(32)35-13-19-17-8-4-2-6-15(17)16-7-3-5-9-18(16)19/h2-9,19-23H,10-14H2,1H3,(H,27,32)(H,30,31)/t20?,21-,22?,23-/m0/s1. The van der Waals surface area contributed by atoms with Crippen LogP contribution in [0.1, 0.15) is 29.9 Å². The Labute approximate surface area is 203 Å². The first-order valence-corrected chi connectivity index (χ1v) is 11.8. The van der Waals surface area contributed by atoms with E-state index >= 15 is 0 Å². The summed E-state index contributed by atoms with van der Waals surface area (Å²) < 4.78 is 16.4. The summed E-state index contributed by atoms with van der Waals surface area (Å²) in [6.07, 6.45) is -0.272. The number of fused-ring (bicyclic) bond motifs is 4. The number of nitrogens with zero attached hydrogens (tertiary/aromatic N) is 1. The Morgan fingerprint density at radius 3 is 2.40 bits per heavy atom. The van der Waals surface area contributed by atoms with Crippen LogP contribution in [0.3, 0.4) is 0 Å². The van der Waals surface area contributed by atoms with Gasteiger partial charge in [-0.05, 0) is 28.7 Å². The number of rotatable bonds is 7. The molecule has 2 heterocycles. The third-order valence-electron chi connectivity index (χ3n) is 7.13. The van der Waals surface area contributed by atoms with E-state index in [2.05, 4.69) is 17.4 Å². The molecule has 2 unspecified atom stereocenters. The van der Waals surface area contributed by atoms with Crippen molar-refractivity contribution in [2.45, 2.75) is 43.0 Å². The second-order valence-electron chi connectivity index (χ2n) is 9.08. The van der Waals surface area contributed by atoms with E-state index in [1.165, 1.54) is 12.0 Å². The number of nitrogens with one attached hydrogen (secondary N) is 1. The minimum atomic E-state index is -1.09. The lowest BCUT2D eigenvalue weighted by Crippen LogP contribution is -2.56. The maximum absolute atomic E-state index is 13.4. The lowest BCUT2D eigenvalue weighted by Gasteiger charge is -2.30. The molecule has 184 valence electrons.